The van der Waals surface area contributed by atoms with Crippen LogP contribution in [0.15, 0.2) is 24.3 Å². The minimum absolute atomic E-state index is 0.565. The number of hydrogen-bond donors (Lipinski definition) is 1. The van der Waals surface area contributed by atoms with Crippen molar-refractivity contribution in [3.63, 3.8) is 0 Å². The van der Waals surface area contributed by atoms with E-state index < -0.39 is 17.7 Å². The van der Waals surface area contributed by atoms with Crippen LogP contribution >= 0.6 is 0 Å². The molecule has 2 aromatic carbocycles. The van der Waals surface area contributed by atoms with Gasteiger partial charge in [-0.1, -0.05) is 36.2 Å². The second-order valence-corrected chi connectivity index (χ2v) is 10.6. The molecular formula is C28H37NO3. The first-order chi connectivity index (χ1) is 15.1. The quantitative estimate of drug-likeness (QED) is 0.614. The molecule has 1 atom stereocenters. The normalized spacial score (nSPS) is 18.2. The van der Waals surface area contributed by atoms with E-state index in [1.807, 2.05) is 20.8 Å². The van der Waals surface area contributed by atoms with Gasteiger partial charge in [0.2, 0.25) is 0 Å². The molecule has 2 aromatic rings. The van der Waals surface area contributed by atoms with E-state index in [2.05, 4.69) is 49.9 Å². The Morgan fingerprint density at radius 3 is 2.25 bits per heavy atom. The highest BCUT2D eigenvalue weighted by molar-refractivity contribution is 5.84. The van der Waals surface area contributed by atoms with Crippen LogP contribution in [0.2, 0.25) is 0 Å². The van der Waals surface area contributed by atoms with Crippen LogP contribution in [0.5, 0.6) is 0 Å². The molecule has 1 fully saturated rings. The van der Waals surface area contributed by atoms with Crippen molar-refractivity contribution in [3.05, 3.63) is 57.6 Å². The van der Waals surface area contributed by atoms with Crippen LogP contribution in [0.3, 0.4) is 0 Å². The van der Waals surface area contributed by atoms with E-state index in [0.717, 1.165) is 41.8 Å². The van der Waals surface area contributed by atoms with Gasteiger partial charge in [-0.25, -0.2) is 4.79 Å². The summed E-state index contributed by atoms with van der Waals surface area (Å²) in [6.45, 7) is 14.1. The second kappa shape index (κ2) is 8.64. The maximum Gasteiger partial charge on any atom is 0.337 e. The SMILES string of the molecule is Cc1ccc(-c2c(C)c3c(c(C)c2[C@H](OC(C)(C)C)C(=O)O)CCN(C2CCC2)C3)cc1. The molecule has 1 aliphatic carbocycles. The van der Waals surface area contributed by atoms with Gasteiger partial charge < -0.3 is 9.84 Å². The molecule has 0 saturated heterocycles. The lowest BCUT2D eigenvalue weighted by Crippen LogP contribution is -2.43. The molecule has 0 radical (unpaired) electrons. The Kier molecular flexibility index (Phi) is 6.21. The first kappa shape index (κ1) is 23.0. The Morgan fingerprint density at radius 2 is 1.72 bits per heavy atom. The molecule has 1 heterocycles. The van der Waals surface area contributed by atoms with Crippen molar-refractivity contribution < 1.29 is 14.6 Å². The van der Waals surface area contributed by atoms with E-state index in [-0.39, 0.29) is 0 Å². The summed E-state index contributed by atoms with van der Waals surface area (Å²) in [7, 11) is 0. The zero-order valence-electron chi connectivity index (χ0n) is 20.4. The molecular weight excluding hydrogens is 398 g/mol. The van der Waals surface area contributed by atoms with Crippen LogP contribution in [-0.2, 0) is 22.5 Å². The Hall–Kier alpha value is -2.17. The van der Waals surface area contributed by atoms with Gasteiger partial charge >= 0.3 is 5.97 Å². The lowest BCUT2D eigenvalue weighted by molar-refractivity contribution is -0.160. The van der Waals surface area contributed by atoms with Gasteiger partial charge in [0, 0.05) is 24.7 Å². The maximum absolute atomic E-state index is 12.5. The number of aryl methyl sites for hydroxylation is 1. The molecule has 1 saturated carbocycles. The van der Waals surface area contributed by atoms with Crippen LogP contribution in [0.25, 0.3) is 11.1 Å². The second-order valence-electron chi connectivity index (χ2n) is 10.6. The Bertz CT molecular complexity index is 1010. The third kappa shape index (κ3) is 4.35. The van der Waals surface area contributed by atoms with Gasteiger partial charge in [-0.05, 0) is 94.2 Å². The van der Waals surface area contributed by atoms with Crippen LogP contribution in [0.1, 0.15) is 79.5 Å². The molecule has 32 heavy (non-hydrogen) atoms. The number of carboxylic acid groups (broad SMARTS) is 1. The summed E-state index contributed by atoms with van der Waals surface area (Å²) in [4.78, 5) is 15.1. The Balaban J connectivity index is 1.92. The monoisotopic (exact) mass is 435 g/mol. The van der Waals surface area contributed by atoms with E-state index in [9.17, 15) is 9.90 Å². The summed E-state index contributed by atoms with van der Waals surface area (Å²) in [6, 6.07) is 9.16. The molecule has 1 N–H and O–H groups in total. The topological polar surface area (TPSA) is 49.8 Å². The lowest BCUT2D eigenvalue weighted by Gasteiger charge is -2.42. The summed E-state index contributed by atoms with van der Waals surface area (Å²) < 4.78 is 6.17. The van der Waals surface area contributed by atoms with Crippen molar-refractivity contribution >= 4 is 5.97 Å². The van der Waals surface area contributed by atoms with Gasteiger partial charge in [0.1, 0.15) is 0 Å². The fourth-order valence-electron chi connectivity index (χ4n) is 5.32. The van der Waals surface area contributed by atoms with E-state index in [1.165, 1.54) is 41.5 Å². The van der Waals surface area contributed by atoms with Gasteiger partial charge in [0.25, 0.3) is 0 Å². The average molecular weight is 436 g/mol. The predicted octanol–water partition coefficient (Wildman–Crippen LogP) is 6.13. The molecule has 4 rings (SSSR count). The molecule has 4 nitrogen and oxygen atoms in total. The van der Waals surface area contributed by atoms with Gasteiger partial charge in [-0.2, -0.15) is 0 Å². The molecule has 4 heteroatoms. The van der Waals surface area contributed by atoms with Gasteiger partial charge in [-0.15, -0.1) is 0 Å². The fourth-order valence-corrected chi connectivity index (χ4v) is 5.32. The number of aliphatic carboxylic acids is 1. The number of rotatable bonds is 5. The number of fused-ring (bicyclic) bond motifs is 1. The van der Waals surface area contributed by atoms with Crippen molar-refractivity contribution in [2.45, 2.75) is 91.5 Å². The van der Waals surface area contributed by atoms with Crippen LogP contribution < -0.4 is 0 Å². The van der Waals surface area contributed by atoms with Crippen LogP contribution in [0, 0.1) is 20.8 Å². The number of hydrogen-bond acceptors (Lipinski definition) is 3. The first-order valence-electron chi connectivity index (χ1n) is 11.9. The molecule has 0 aromatic heterocycles. The zero-order chi connectivity index (χ0) is 23.2. The summed E-state index contributed by atoms with van der Waals surface area (Å²) >= 11 is 0. The van der Waals surface area contributed by atoms with E-state index in [0.29, 0.717) is 6.04 Å². The number of ether oxygens (including phenoxy) is 1. The summed E-state index contributed by atoms with van der Waals surface area (Å²) in [5.74, 6) is -0.928. The minimum Gasteiger partial charge on any atom is -0.479 e. The minimum atomic E-state index is -1.00. The van der Waals surface area contributed by atoms with Crippen molar-refractivity contribution in [2.24, 2.45) is 0 Å². The van der Waals surface area contributed by atoms with Crippen molar-refractivity contribution in [2.75, 3.05) is 6.54 Å². The number of benzene rings is 2. The average Bonchev–Trinajstić information content (AvgIpc) is 2.68. The highest BCUT2D eigenvalue weighted by Gasteiger charge is 2.36. The highest BCUT2D eigenvalue weighted by atomic mass is 16.5. The maximum atomic E-state index is 12.5. The molecule has 0 spiro atoms. The molecule has 172 valence electrons. The molecule has 0 bridgehead atoms. The Labute approximate surface area is 192 Å². The molecule has 0 unspecified atom stereocenters. The summed E-state index contributed by atoms with van der Waals surface area (Å²) in [5.41, 5.74) is 8.57. The zero-order valence-corrected chi connectivity index (χ0v) is 20.4. The first-order valence-corrected chi connectivity index (χ1v) is 11.9. The lowest BCUT2D eigenvalue weighted by atomic mass is 9.79. The highest BCUT2D eigenvalue weighted by Crippen LogP contribution is 2.43. The summed E-state index contributed by atoms with van der Waals surface area (Å²) in [5, 5.41) is 10.2. The van der Waals surface area contributed by atoms with Gasteiger partial charge in [-0.3, -0.25) is 4.90 Å². The third-order valence-electron chi connectivity index (χ3n) is 7.22. The van der Waals surface area contributed by atoms with Gasteiger partial charge in [0.05, 0.1) is 5.60 Å². The third-order valence-corrected chi connectivity index (χ3v) is 7.22. The molecule has 1 aliphatic heterocycles. The van der Waals surface area contributed by atoms with Crippen LogP contribution in [-0.4, -0.2) is 34.2 Å². The van der Waals surface area contributed by atoms with E-state index >= 15 is 0 Å². The smallest absolute Gasteiger partial charge is 0.337 e. The standard InChI is InChI=1S/C28H37NO3/c1-17-10-12-20(13-11-17)24-19(3)23-16-29(21-8-7-9-21)15-14-22(23)18(2)25(24)26(27(30)31)32-28(4,5)6/h10-13,21,26H,7-9,14-16H2,1-6H3,(H,30,31)/t26-/m0/s1. The van der Waals surface area contributed by atoms with Crippen molar-refractivity contribution in [1.82, 2.24) is 4.90 Å². The Morgan fingerprint density at radius 1 is 1.06 bits per heavy atom. The number of carboxylic acids is 1. The number of carbonyl (C=O) groups is 1. The molecule has 2 aliphatic rings. The predicted molar refractivity (Wildman–Crippen MR) is 129 cm³/mol. The summed E-state index contributed by atoms with van der Waals surface area (Å²) in [6.07, 6.45) is 3.92. The van der Waals surface area contributed by atoms with E-state index in [4.69, 9.17) is 4.74 Å². The van der Waals surface area contributed by atoms with Gasteiger partial charge in [0.15, 0.2) is 6.10 Å². The van der Waals surface area contributed by atoms with Crippen LogP contribution in [0.4, 0.5) is 0 Å². The largest absolute Gasteiger partial charge is 0.479 e. The number of nitrogens with zero attached hydrogens (tertiary/aromatic N) is 1. The molecule has 0 amide bonds. The van der Waals surface area contributed by atoms with E-state index in [1.54, 1.807) is 0 Å². The fraction of sp³-hybridized carbons (Fsp3) is 0.536. The van der Waals surface area contributed by atoms with Crippen molar-refractivity contribution in [1.29, 1.82) is 0 Å². The van der Waals surface area contributed by atoms with Crippen molar-refractivity contribution in [3.8, 4) is 11.1 Å².